The Morgan fingerprint density at radius 3 is 2.50 bits per heavy atom. The predicted octanol–water partition coefficient (Wildman–Crippen LogP) is 2.67. The summed E-state index contributed by atoms with van der Waals surface area (Å²) < 4.78 is 0. The summed E-state index contributed by atoms with van der Waals surface area (Å²) >= 11 is 1.62. The maximum Gasteiger partial charge on any atom is 0.102 e. The second-order valence-corrected chi connectivity index (χ2v) is 5.39. The van der Waals surface area contributed by atoms with Crippen molar-refractivity contribution in [3.63, 3.8) is 0 Å². The van der Waals surface area contributed by atoms with Gasteiger partial charge in [0.25, 0.3) is 0 Å². The Morgan fingerprint density at radius 2 is 1.94 bits per heavy atom. The van der Waals surface area contributed by atoms with Crippen molar-refractivity contribution in [3.8, 4) is 6.07 Å². The first-order chi connectivity index (χ1) is 8.60. The van der Waals surface area contributed by atoms with Gasteiger partial charge in [0.05, 0.1) is 11.3 Å². The Morgan fingerprint density at radius 1 is 1.22 bits per heavy atom. The largest absolute Gasteiger partial charge is 0.373 e. The molecule has 0 unspecified atom stereocenters. The van der Waals surface area contributed by atoms with E-state index in [1.165, 1.54) is 0 Å². The van der Waals surface area contributed by atoms with Gasteiger partial charge in [0.1, 0.15) is 6.07 Å². The van der Waals surface area contributed by atoms with Crippen molar-refractivity contribution in [3.05, 3.63) is 23.8 Å². The van der Waals surface area contributed by atoms with Crippen LogP contribution < -0.4 is 4.90 Å². The predicted molar refractivity (Wildman–Crippen MR) is 79.4 cm³/mol. The van der Waals surface area contributed by atoms with Crippen molar-refractivity contribution in [1.82, 2.24) is 4.90 Å². The Balaban J connectivity index is 2.79. The van der Waals surface area contributed by atoms with E-state index in [0.29, 0.717) is 0 Å². The van der Waals surface area contributed by atoms with Crippen LogP contribution in [0.5, 0.6) is 0 Å². The third-order valence-electron chi connectivity index (χ3n) is 2.85. The van der Waals surface area contributed by atoms with Crippen LogP contribution in [0.15, 0.2) is 23.1 Å². The van der Waals surface area contributed by atoms with Crippen molar-refractivity contribution >= 4 is 17.4 Å². The lowest BCUT2D eigenvalue weighted by Gasteiger charge is -2.22. The summed E-state index contributed by atoms with van der Waals surface area (Å²) in [7, 11) is 6.21. The van der Waals surface area contributed by atoms with E-state index in [4.69, 9.17) is 0 Å². The topological polar surface area (TPSA) is 30.3 Å². The fraction of sp³-hybridized carbons (Fsp3) is 0.500. The van der Waals surface area contributed by atoms with Crippen LogP contribution in [0.3, 0.4) is 0 Å². The third-order valence-corrected chi connectivity index (χ3v) is 3.63. The molecular formula is C14H21N3S. The van der Waals surface area contributed by atoms with Crippen LogP contribution >= 0.6 is 11.8 Å². The van der Waals surface area contributed by atoms with E-state index >= 15 is 0 Å². The molecule has 0 fully saturated rings. The average Bonchev–Trinajstić information content (AvgIpc) is 2.36. The molecule has 0 saturated carbocycles. The fourth-order valence-electron chi connectivity index (χ4n) is 1.86. The molecule has 3 nitrogen and oxygen atoms in total. The van der Waals surface area contributed by atoms with Gasteiger partial charge in [-0.15, -0.1) is 11.8 Å². The highest BCUT2D eigenvalue weighted by molar-refractivity contribution is 7.98. The van der Waals surface area contributed by atoms with Gasteiger partial charge in [-0.2, -0.15) is 5.26 Å². The Kier molecular flexibility index (Phi) is 6.03. The minimum absolute atomic E-state index is 0.789. The highest BCUT2D eigenvalue weighted by Gasteiger charge is 2.10. The van der Waals surface area contributed by atoms with Crippen LogP contribution in [0.2, 0.25) is 0 Å². The number of rotatable bonds is 6. The molecule has 1 aromatic carbocycles. The van der Waals surface area contributed by atoms with Gasteiger partial charge < -0.3 is 9.80 Å². The first-order valence-corrected chi connectivity index (χ1v) is 7.25. The molecule has 0 atom stereocenters. The molecule has 1 rings (SSSR count). The van der Waals surface area contributed by atoms with Gasteiger partial charge in [-0.3, -0.25) is 0 Å². The first-order valence-electron chi connectivity index (χ1n) is 6.03. The number of nitriles is 1. The monoisotopic (exact) mass is 263 g/mol. The van der Waals surface area contributed by atoms with Crippen LogP contribution in [0.4, 0.5) is 5.69 Å². The summed E-state index contributed by atoms with van der Waals surface area (Å²) in [4.78, 5) is 5.40. The summed E-state index contributed by atoms with van der Waals surface area (Å²) in [6, 6.07) is 8.36. The molecular weight excluding hydrogens is 242 g/mol. The van der Waals surface area contributed by atoms with E-state index in [0.717, 1.165) is 35.7 Å². The molecule has 0 heterocycles. The Labute approximate surface area is 114 Å². The number of benzene rings is 1. The maximum atomic E-state index is 9.29. The van der Waals surface area contributed by atoms with E-state index in [9.17, 15) is 5.26 Å². The minimum Gasteiger partial charge on any atom is -0.373 e. The molecule has 4 heteroatoms. The van der Waals surface area contributed by atoms with E-state index in [2.05, 4.69) is 37.0 Å². The van der Waals surface area contributed by atoms with Gasteiger partial charge in [0, 0.05) is 18.5 Å². The molecule has 0 aliphatic heterocycles. The zero-order valence-corrected chi connectivity index (χ0v) is 12.4. The summed E-state index contributed by atoms with van der Waals surface area (Å²) in [6.07, 6.45) is 3.10. The highest BCUT2D eigenvalue weighted by atomic mass is 32.2. The van der Waals surface area contributed by atoms with E-state index < -0.39 is 0 Å². The van der Waals surface area contributed by atoms with Crippen molar-refractivity contribution in [2.24, 2.45) is 0 Å². The Hall–Kier alpha value is -1.18. The molecule has 1 aromatic rings. The highest BCUT2D eigenvalue weighted by Crippen LogP contribution is 2.28. The average molecular weight is 263 g/mol. The smallest absolute Gasteiger partial charge is 0.102 e. The van der Waals surface area contributed by atoms with Crippen molar-refractivity contribution in [2.75, 3.05) is 45.4 Å². The molecule has 0 amide bonds. The van der Waals surface area contributed by atoms with E-state index in [-0.39, 0.29) is 0 Å². The van der Waals surface area contributed by atoms with Crippen molar-refractivity contribution in [1.29, 1.82) is 5.26 Å². The zero-order chi connectivity index (χ0) is 13.5. The molecule has 0 N–H and O–H groups in total. The van der Waals surface area contributed by atoms with E-state index in [1.807, 2.05) is 24.5 Å². The number of anilines is 1. The lowest BCUT2D eigenvalue weighted by molar-refractivity contribution is 0.401. The van der Waals surface area contributed by atoms with Crippen LogP contribution in [0.25, 0.3) is 0 Å². The SMILES string of the molecule is CSc1cccc(N(C)CCCN(C)C)c1C#N. The van der Waals surface area contributed by atoms with Crippen LogP contribution in [-0.2, 0) is 0 Å². The molecule has 0 radical (unpaired) electrons. The normalized spacial score (nSPS) is 10.4. The second-order valence-electron chi connectivity index (χ2n) is 4.54. The lowest BCUT2D eigenvalue weighted by atomic mass is 10.1. The number of nitrogens with zero attached hydrogens (tertiary/aromatic N) is 3. The molecule has 98 valence electrons. The molecule has 0 saturated heterocycles. The zero-order valence-electron chi connectivity index (χ0n) is 11.6. The van der Waals surface area contributed by atoms with Gasteiger partial charge in [-0.25, -0.2) is 0 Å². The van der Waals surface area contributed by atoms with Gasteiger partial charge in [-0.05, 0) is 45.4 Å². The molecule has 18 heavy (non-hydrogen) atoms. The lowest BCUT2D eigenvalue weighted by Crippen LogP contribution is -2.24. The van der Waals surface area contributed by atoms with Gasteiger partial charge in [-0.1, -0.05) is 6.07 Å². The standard InChI is InChI=1S/C14H21N3S/c1-16(2)9-6-10-17(3)13-7-5-8-14(18-4)12(13)11-15/h5,7-8H,6,9-10H2,1-4H3. The van der Waals surface area contributed by atoms with Crippen LogP contribution in [0, 0.1) is 11.3 Å². The van der Waals surface area contributed by atoms with Gasteiger partial charge >= 0.3 is 0 Å². The molecule has 0 aromatic heterocycles. The summed E-state index contributed by atoms with van der Waals surface area (Å²) in [5.74, 6) is 0. The second kappa shape index (κ2) is 7.30. The Bertz CT molecular complexity index is 424. The van der Waals surface area contributed by atoms with Gasteiger partial charge in [0.15, 0.2) is 0 Å². The van der Waals surface area contributed by atoms with Crippen molar-refractivity contribution < 1.29 is 0 Å². The quantitative estimate of drug-likeness (QED) is 0.738. The maximum absolute atomic E-state index is 9.29. The fourth-order valence-corrected chi connectivity index (χ4v) is 2.43. The molecule has 0 spiro atoms. The summed E-state index contributed by atoms with van der Waals surface area (Å²) in [5.41, 5.74) is 1.82. The van der Waals surface area contributed by atoms with Crippen LogP contribution in [-0.4, -0.2) is 45.4 Å². The number of thioether (sulfide) groups is 1. The van der Waals surface area contributed by atoms with Crippen LogP contribution in [0.1, 0.15) is 12.0 Å². The molecule has 0 bridgehead atoms. The molecule has 0 aliphatic rings. The first kappa shape index (κ1) is 14.9. The number of hydrogen-bond acceptors (Lipinski definition) is 4. The minimum atomic E-state index is 0.789. The number of hydrogen-bond donors (Lipinski definition) is 0. The van der Waals surface area contributed by atoms with E-state index in [1.54, 1.807) is 11.8 Å². The summed E-state index contributed by atoms with van der Waals surface area (Å²) in [6.45, 7) is 2.03. The summed E-state index contributed by atoms with van der Waals surface area (Å²) in [5, 5.41) is 9.29. The van der Waals surface area contributed by atoms with Gasteiger partial charge in [0.2, 0.25) is 0 Å². The van der Waals surface area contributed by atoms with Crippen molar-refractivity contribution in [2.45, 2.75) is 11.3 Å². The molecule has 0 aliphatic carbocycles. The third kappa shape index (κ3) is 3.94.